The number of sulfonamides is 1. The van der Waals surface area contributed by atoms with E-state index in [0.717, 1.165) is 22.8 Å². The van der Waals surface area contributed by atoms with E-state index in [2.05, 4.69) is 4.72 Å². The number of halogens is 1. The van der Waals surface area contributed by atoms with E-state index < -0.39 is 21.4 Å². The van der Waals surface area contributed by atoms with E-state index in [4.69, 9.17) is 0 Å². The zero-order valence-corrected chi connectivity index (χ0v) is 13.2. The molecule has 0 fully saturated rings. The summed E-state index contributed by atoms with van der Waals surface area (Å²) in [5.41, 5.74) is -0.0833. The van der Waals surface area contributed by atoms with Gasteiger partial charge in [-0.15, -0.1) is 11.3 Å². The molecule has 1 aromatic heterocycles. The summed E-state index contributed by atoms with van der Waals surface area (Å²) >= 11 is 1.06. The van der Waals surface area contributed by atoms with Crippen molar-refractivity contribution < 1.29 is 12.8 Å². The topological polar surface area (TPSA) is 49.4 Å². The van der Waals surface area contributed by atoms with Crippen molar-refractivity contribution in [3.8, 4) is 0 Å². The van der Waals surface area contributed by atoms with E-state index >= 15 is 0 Å². The van der Waals surface area contributed by atoms with Crippen molar-refractivity contribution in [1.82, 2.24) is 9.62 Å². The fraction of sp³-hybridized carbons (Fsp3) is 0.667. The van der Waals surface area contributed by atoms with Crippen LogP contribution in [0.15, 0.2) is 4.21 Å². The second kappa shape index (κ2) is 4.80. The third-order valence-electron chi connectivity index (χ3n) is 2.83. The largest absolute Gasteiger partial charge is 0.302 e. The molecule has 1 aliphatic heterocycles. The molecule has 0 saturated heterocycles. The van der Waals surface area contributed by atoms with Crippen molar-refractivity contribution in [2.75, 3.05) is 13.6 Å². The minimum absolute atomic E-state index is 0.178. The zero-order valence-electron chi connectivity index (χ0n) is 11.6. The Bertz CT molecular complexity index is 588. The first kappa shape index (κ1) is 14.9. The maximum atomic E-state index is 14.3. The minimum atomic E-state index is -3.79. The van der Waals surface area contributed by atoms with Crippen LogP contribution < -0.4 is 4.72 Å². The summed E-state index contributed by atoms with van der Waals surface area (Å²) in [7, 11) is -1.88. The molecule has 19 heavy (non-hydrogen) atoms. The first-order valence-corrected chi connectivity index (χ1v) is 8.43. The predicted octanol–water partition coefficient (Wildman–Crippen LogP) is 1.95. The maximum absolute atomic E-state index is 14.3. The maximum Gasteiger partial charge on any atom is 0.253 e. The number of likely N-dealkylation sites (N-methyl/N-ethyl adjacent to an activating group) is 1. The fourth-order valence-electron chi connectivity index (χ4n) is 2.09. The lowest BCUT2D eigenvalue weighted by Crippen LogP contribution is -2.40. The smallest absolute Gasteiger partial charge is 0.253 e. The molecule has 108 valence electrons. The Labute approximate surface area is 117 Å². The van der Waals surface area contributed by atoms with Crippen molar-refractivity contribution in [2.45, 2.75) is 43.5 Å². The Hall–Kier alpha value is -0.500. The molecule has 2 rings (SSSR count). The number of nitrogens with zero attached hydrogens (tertiary/aromatic N) is 1. The van der Waals surface area contributed by atoms with E-state index in [1.165, 1.54) is 0 Å². The quantitative estimate of drug-likeness (QED) is 0.908. The van der Waals surface area contributed by atoms with Gasteiger partial charge in [-0.05, 0) is 34.2 Å². The van der Waals surface area contributed by atoms with Gasteiger partial charge < -0.3 is 4.90 Å². The lowest BCUT2D eigenvalue weighted by Gasteiger charge is -2.21. The van der Waals surface area contributed by atoms with Gasteiger partial charge in [0.15, 0.2) is 10.0 Å². The SMILES string of the molecule is CN1CCc2sc(S(=O)(=O)NC(C)(C)C)c(F)c2C1. The van der Waals surface area contributed by atoms with Crippen LogP contribution in [-0.4, -0.2) is 32.4 Å². The molecule has 1 N–H and O–H groups in total. The molecule has 0 unspecified atom stereocenters. The Balaban J connectivity index is 2.42. The van der Waals surface area contributed by atoms with Gasteiger partial charge >= 0.3 is 0 Å². The highest BCUT2D eigenvalue weighted by atomic mass is 32.2. The first-order chi connectivity index (χ1) is 8.60. The normalized spacial score (nSPS) is 17.5. The highest BCUT2D eigenvalue weighted by Crippen LogP contribution is 2.34. The second-order valence-corrected chi connectivity index (χ2v) is 8.93. The van der Waals surface area contributed by atoms with Gasteiger partial charge in [0.2, 0.25) is 0 Å². The van der Waals surface area contributed by atoms with Crippen molar-refractivity contribution in [1.29, 1.82) is 0 Å². The van der Waals surface area contributed by atoms with Gasteiger partial charge in [-0.1, -0.05) is 0 Å². The van der Waals surface area contributed by atoms with Crippen molar-refractivity contribution >= 4 is 21.4 Å². The van der Waals surface area contributed by atoms with Crippen LogP contribution in [0.1, 0.15) is 31.2 Å². The molecule has 2 heterocycles. The molecule has 0 spiro atoms. The van der Waals surface area contributed by atoms with E-state index in [1.54, 1.807) is 20.8 Å². The third-order valence-corrected chi connectivity index (χ3v) is 6.35. The predicted molar refractivity (Wildman–Crippen MR) is 74.4 cm³/mol. The van der Waals surface area contributed by atoms with Gasteiger partial charge in [0.1, 0.15) is 0 Å². The zero-order chi connectivity index (χ0) is 14.4. The van der Waals surface area contributed by atoms with Crippen molar-refractivity contribution in [3.05, 3.63) is 16.3 Å². The van der Waals surface area contributed by atoms with Gasteiger partial charge in [-0.25, -0.2) is 17.5 Å². The molecule has 1 aliphatic rings. The van der Waals surface area contributed by atoms with E-state index in [0.29, 0.717) is 18.5 Å². The fourth-order valence-corrected chi connectivity index (χ4v) is 5.12. The summed E-state index contributed by atoms with van der Waals surface area (Å²) in [6, 6.07) is 0. The summed E-state index contributed by atoms with van der Waals surface area (Å²) in [5, 5.41) is 0. The van der Waals surface area contributed by atoms with Crippen LogP contribution in [0.2, 0.25) is 0 Å². The molecule has 0 bridgehead atoms. The number of rotatable bonds is 2. The van der Waals surface area contributed by atoms with Gasteiger partial charge in [0.05, 0.1) is 0 Å². The van der Waals surface area contributed by atoms with Crippen LogP contribution in [0.5, 0.6) is 0 Å². The molecule has 0 aromatic carbocycles. The second-order valence-electron chi connectivity index (χ2n) is 5.95. The molecule has 0 radical (unpaired) electrons. The highest BCUT2D eigenvalue weighted by molar-refractivity contribution is 7.91. The molecule has 7 heteroatoms. The van der Waals surface area contributed by atoms with E-state index in [9.17, 15) is 12.8 Å². The lowest BCUT2D eigenvalue weighted by atomic mass is 10.1. The van der Waals surface area contributed by atoms with Crippen molar-refractivity contribution in [3.63, 3.8) is 0 Å². The Morgan fingerprint density at radius 2 is 2.00 bits per heavy atom. The number of hydrogen-bond acceptors (Lipinski definition) is 4. The van der Waals surface area contributed by atoms with Crippen LogP contribution in [0.25, 0.3) is 0 Å². The Kier molecular flexibility index (Phi) is 3.77. The first-order valence-electron chi connectivity index (χ1n) is 6.13. The summed E-state index contributed by atoms with van der Waals surface area (Å²) in [5.74, 6) is -0.580. The number of thiophene rings is 1. The molecule has 0 amide bonds. The molecule has 4 nitrogen and oxygen atoms in total. The molecular formula is C12H19FN2O2S2. The molecule has 0 aliphatic carbocycles. The van der Waals surface area contributed by atoms with Gasteiger partial charge in [0.25, 0.3) is 10.0 Å². The highest BCUT2D eigenvalue weighted by Gasteiger charge is 2.32. The Morgan fingerprint density at radius 1 is 1.37 bits per heavy atom. The Morgan fingerprint density at radius 3 is 2.58 bits per heavy atom. The monoisotopic (exact) mass is 306 g/mol. The van der Waals surface area contributed by atoms with Gasteiger partial charge in [-0.3, -0.25) is 0 Å². The standard InChI is InChI=1S/C12H19FN2O2S2/c1-12(2,3)14-19(16,17)11-10(13)8-7-15(4)6-5-9(8)18-11/h14H,5-7H2,1-4H3. The number of hydrogen-bond donors (Lipinski definition) is 1. The number of fused-ring (bicyclic) bond motifs is 1. The van der Waals surface area contributed by atoms with Crippen LogP contribution in [0.3, 0.4) is 0 Å². The summed E-state index contributed by atoms with van der Waals surface area (Å²) in [6.07, 6.45) is 0.707. The minimum Gasteiger partial charge on any atom is -0.302 e. The molecule has 1 aromatic rings. The average Bonchev–Trinajstić information content (AvgIpc) is 2.53. The number of nitrogens with one attached hydrogen (secondary N) is 1. The summed E-state index contributed by atoms with van der Waals surface area (Å²) < 4.78 is 41.1. The summed E-state index contributed by atoms with van der Waals surface area (Å²) in [6.45, 7) is 6.53. The molecule has 0 atom stereocenters. The summed E-state index contributed by atoms with van der Waals surface area (Å²) in [4.78, 5) is 2.84. The average molecular weight is 306 g/mol. The van der Waals surface area contributed by atoms with E-state index in [1.807, 2.05) is 11.9 Å². The van der Waals surface area contributed by atoms with Gasteiger partial charge in [0, 0.05) is 29.1 Å². The van der Waals surface area contributed by atoms with Crippen LogP contribution in [0.4, 0.5) is 4.39 Å². The molecule has 0 saturated carbocycles. The van der Waals surface area contributed by atoms with E-state index in [-0.39, 0.29) is 4.21 Å². The van der Waals surface area contributed by atoms with Crippen LogP contribution in [-0.2, 0) is 23.0 Å². The third kappa shape index (κ3) is 3.16. The van der Waals surface area contributed by atoms with Gasteiger partial charge in [-0.2, -0.15) is 0 Å². The van der Waals surface area contributed by atoms with Crippen LogP contribution >= 0.6 is 11.3 Å². The lowest BCUT2D eigenvalue weighted by molar-refractivity contribution is 0.308. The van der Waals surface area contributed by atoms with Crippen molar-refractivity contribution in [2.24, 2.45) is 0 Å². The van der Waals surface area contributed by atoms with Crippen LogP contribution in [0, 0.1) is 5.82 Å². The molecular weight excluding hydrogens is 287 g/mol.